The fourth-order valence-electron chi connectivity index (χ4n) is 2.09. The SMILES string of the molecule is Cc1cnc(Cl)cc1NC(=O)c1cccc(-c2cnn(C)c2)n1. The number of nitrogens with zero attached hydrogens (tertiary/aromatic N) is 4. The second-order valence-corrected chi connectivity index (χ2v) is 5.47. The van der Waals surface area contributed by atoms with Crippen LogP contribution in [0.4, 0.5) is 5.69 Å². The molecule has 0 atom stereocenters. The minimum absolute atomic E-state index is 0.305. The van der Waals surface area contributed by atoms with Crippen LogP contribution < -0.4 is 5.32 Å². The molecule has 0 saturated carbocycles. The van der Waals surface area contributed by atoms with Crippen molar-refractivity contribution in [1.29, 1.82) is 0 Å². The largest absolute Gasteiger partial charge is 0.320 e. The van der Waals surface area contributed by atoms with Gasteiger partial charge in [0.25, 0.3) is 5.91 Å². The molecule has 0 unspecified atom stereocenters. The van der Waals surface area contributed by atoms with Crippen LogP contribution in [0.5, 0.6) is 0 Å². The number of halogens is 1. The summed E-state index contributed by atoms with van der Waals surface area (Å²) < 4.78 is 1.69. The van der Waals surface area contributed by atoms with Gasteiger partial charge in [-0.15, -0.1) is 0 Å². The zero-order chi connectivity index (χ0) is 16.4. The highest BCUT2D eigenvalue weighted by Crippen LogP contribution is 2.19. The number of aryl methyl sites for hydroxylation is 2. The van der Waals surface area contributed by atoms with E-state index in [-0.39, 0.29) is 5.91 Å². The first-order chi connectivity index (χ1) is 11.0. The summed E-state index contributed by atoms with van der Waals surface area (Å²) in [5.41, 5.74) is 3.30. The van der Waals surface area contributed by atoms with Crippen LogP contribution in [0.1, 0.15) is 16.1 Å². The molecule has 0 aliphatic carbocycles. The predicted octanol–water partition coefficient (Wildman–Crippen LogP) is 3.09. The van der Waals surface area contributed by atoms with Crippen LogP contribution in [0.25, 0.3) is 11.3 Å². The van der Waals surface area contributed by atoms with Crippen molar-refractivity contribution in [3.8, 4) is 11.3 Å². The fourth-order valence-corrected chi connectivity index (χ4v) is 2.25. The smallest absolute Gasteiger partial charge is 0.274 e. The lowest BCUT2D eigenvalue weighted by atomic mass is 10.2. The molecule has 3 aromatic rings. The van der Waals surface area contributed by atoms with Crippen molar-refractivity contribution in [3.63, 3.8) is 0 Å². The van der Waals surface area contributed by atoms with E-state index in [2.05, 4.69) is 20.4 Å². The van der Waals surface area contributed by atoms with Crippen molar-refractivity contribution in [3.05, 3.63) is 59.3 Å². The second-order valence-electron chi connectivity index (χ2n) is 5.09. The van der Waals surface area contributed by atoms with Gasteiger partial charge in [0.15, 0.2) is 0 Å². The molecule has 6 nitrogen and oxygen atoms in total. The van der Waals surface area contributed by atoms with E-state index in [1.165, 1.54) is 0 Å². The summed E-state index contributed by atoms with van der Waals surface area (Å²) in [5.74, 6) is -0.305. The Hall–Kier alpha value is -2.73. The summed E-state index contributed by atoms with van der Waals surface area (Å²) in [6, 6.07) is 6.89. The molecule has 0 fully saturated rings. The van der Waals surface area contributed by atoms with Gasteiger partial charge in [-0.05, 0) is 30.7 Å². The van der Waals surface area contributed by atoms with Crippen molar-refractivity contribution in [2.24, 2.45) is 7.05 Å². The summed E-state index contributed by atoms with van der Waals surface area (Å²) in [6.45, 7) is 1.85. The Bertz CT molecular complexity index is 874. The van der Waals surface area contributed by atoms with Gasteiger partial charge in [-0.3, -0.25) is 9.48 Å². The van der Waals surface area contributed by atoms with Gasteiger partial charge < -0.3 is 5.32 Å². The van der Waals surface area contributed by atoms with E-state index in [1.807, 2.05) is 26.2 Å². The number of pyridine rings is 2. The number of rotatable bonds is 3. The summed E-state index contributed by atoms with van der Waals surface area (Å²) in [4.78, 5) is 20.8. The minimum atomic E-state index is -0.305. The molecule has 3 heterocycles. The summed E-state index contributed by atoms with van der Waals surface area (Å²) in [6.07, 6.45) is 5.16. The van der Waals surface area contributed by atoms with Crippen LogP contribution >= 0.6 is 11.6 Å². The van der Waals surface area contributed by atoms with Crippen molar-refractivity contribution < 1.29 is 4.79 Å². The molecule has 116 valence electrons. The molecule has 3 rings (SSSR count). The molecule has 0 radical (unpaired) electrons. The molecular formula is C16H14ClN5O. The monoisotopic (exact) mass is 327 g/mol. The van der Waals surface area contributed by atoms with Crippen LogP contribution in [0.2, 0.25) is 5.15 Å². The third kappa shape index (κ3) is 3.37. The van der Waals surface area contributed by atoms with Gasteiger partial charge in [0.05, 0.1) is 11.9 Å². The molecule has 0 spiro atoms. The highest BCUT2D eigenvalue weighted by atomic mass is 35.5. The number of nitrogens with one attached hydrogen (secondary N) is 1. The molecule has 0 saturated heterocycles. The van der Waals surface area contributed by atoms with Gasteiger partial charge in [0, 0.05) is 30.7 Å². The van der Waals surface area contributed by atoms with Crippen LogP contribution in [0, 0.1) is 6.92 Å². The molecule has 0 aliphatic heterocycles. The van der Waals surface area contributed by atoms with Gasteiger partial charge in [-0.25, -0.2) is 9.97 Å². The molecule has 1 amide bonds. The first-order valence-corrected chi connectivity index (χ1v) is 7.30. The highest BCUT2D eigenvalue weighted by molar-refractivity contribution is 6.29. The Balaban J connectivity index is 1.87. The summed E-state index contributed by atoms with van der Waals surface area (Å²) in [7, 11) is 1.83. The normalized spacial score (nSPS) is 10.6. The Morgan fingerprint density at radius 3 is 2.87 bits per heavy atom. The van der Waals surface area contributed by atoms with E-state index in [1.54, 1.807) is 35.3 Å². The molecule has 23 heavy (non-hydrogen) atoms. The number of hydrogen-bond acceptors (Lipinski definition) is 4. The number of hydrogen-bond donors (Lipinski definition) is 1. The molecule has 7 heteroatoms. The van der Waals surface area contributed by atoms with E-state index < -0.39 is 0 Å². The van der Waals surface area contributed by atoms with Crippen molar-refractivity contribution >= 4 is 23.2 Å². The van der Waals surface area contributed by atoms with Crippen LogP contribution in [0.15, 0.2) is 42.9 Å². The maximum Gasteiger partial charge on any atom is 0.274 e. The van der Waals surface area contributed by atoms with Crippen molar-refractivity contribution in [1.82, 2.24) is 19.7 Å². The number of amides is 1. The standard InChI is InChI=1S/C16H14ClN5O/c1-10-7-18-15(17)6-14(10)21-16(23)13-5-3-4-12(20-13)11-8-19-22(2)9-11/h3-9H,1-2H3,(H,18,21,23). The summed E-state index contributed by atoms with van der Waals surface area (Å²) >= 11 is 5.87. The number of carbonyl (C=O) groups excluding carboxylic acids is 1. The van der Waals surface area contributed by atoms with E-state index in [0.717, 1.165) is 11.1 Å². The van der Waals surface area contributed by atoms with Crippen molar-refractivity contribution in [2.75, 3.05) is 5.32 Å². The zero-order valence-electron chi connectivity index (χ0n) is 12.6. The quantitative estimate of drug-likeness (QED) is 0.750. The maximum absolute atomic E-state index is 12.4. The van der Waals surface area contributed by atoms with Gasteiger partial charge in [-0.2, -0.15) is 5.10 Å². The maximum atomic E-state index is 12.4. The third-order valence-corrected chi connectivity index (χ3v) is 3.51. The number of aromatic nitrogens is 4. The van der Waals surface area contributed by atoms with E-state index in [4.69, 9.17) is 11.6 Å². The molecule has 1 N–H and O–H groups in total. The van der Waals surface area contributed by atoms with Crippen LogP contribution in [-0.2, 0) is 7.05 Å². The number of anilines is 1. The predicted molar refractivity (Wildman–Crippen MR) is 88.4 cm³/mol. The number of carbonyl (C=O) groups is 1. The van der Waals surface area contributed by atoms with Crippen LogP contribution in [0.3, 0.4) is 0 Å². The minimum Gasteiger partial charge on any atom is -0.320 e. The molecule has 3 aromatic heterocycles. The third-order valence-electron chi connectivity index (χ3n) is 3.30. The first-order valence-electron chi connectivity index (χ1n) is 6.92. The summed E-state index contributed by atoms with van der Waals surface area (Å²) in [5, 5.41) is 7.24. The lowest BCUT2D eigenvalue weighted by Crippen LogP contribution is -2.14. The topological polar surface area (TPSA) is 72.7 Å². The van der Waals surface area contributed by atoms with E-state index in [0.29, 0.717) is 22.2 Å². The Labute approximate surface area is 138 Å². The second kappa shape index (κ2) is 6.18. The first kappa shape index (κ1) is 15.2. The zero-order valence-corrected chi connectivity index (χ0v) is 13.4. The lowest BCUT2D eigenvalue weighted by molar-refractivity contribution is 0.102. The highest BCUT2D eigenvalue weighted by Gasteiger charge is 2.12. The van der Waals surface area contributed by atoms with Gasteiger partial charge in [0.2, 0.25) is 0 Å². The van der Waals surface area contributed by atoms with Crippen LogP contribution in [-0.4, -0.2) is 25.7 Å². The molecule has 0 bridgehead atoms. The van der Waals surface area contributed by atoms with E-state index >= 15 is 0 Å². The molecule has 0 aromatic carbocycles. The Morgan fingerprint density at radius 2 is 2.13 bits per heavy atom. The van der Waals surface area contributed by atoms with Crippen molar-refractivity contribution in [2.45, 2.75) is 6.92 Å². The molecule has 0 aliphatic rings. The van der Waals surface area contributed by atoms with Gasteiger partial charge in [-0.1, -0.05) is 17.7 Å². The fraction of sp³-hybridized carbons (Fsp3) is 0.125. The Morgan fingerprint density at radius 1 is 1.30 bits per heavy atom. The lowest BCUT2D eigenvalue weighted by Gasteiger charge is -2.08. The average molecular weight is 328 g/mol. The van der Waals surface area contributed by atoms with E-state index in [9.17, 15) is 4.79 Å². The Kier molecular flexibility index (Phi) is 4.08. The molecular weight excluding hydrogens is 314 g/mol. The van der Waals surface area contributed by atoms with Gasteiger partial charge in [0.1, 0.15) is 10.8 Å². The van der Waals surface area contributed by atoms with Gasteiger partial charge >= 0.3 is 0 Å². The average Bonchev–Trinajstić information content (AvgIpc) is 2.97.